The van der Waals surface area contributed by atoms with Gasteiger partial charge in [0.2, 0.25) is 5.91 Å². The number of alkyl carbamates (subject to hydrolysis) is 2. The zero-order chi connectivity index (χ0) is 30.5. The maximum atomic E-state index is 13.6. The van der Waals surface area contributed by atoms with E-state index in [1.807, 2.05) is 30.3 Å². The molecule has 0 unspecified atom stereocenters. The molecule has 3 amide bonds. The van der Waals surface area contributed by atoms with Crippen LogP contribution in [-0.4, -0.2) is 72.1 Å². The van der Waals surface area contributed by atoms with Crippen LogP contribution in [-0.2, 0) is 30.3 Å². The number of hydrogen-bond donors (Lipinski definition) is 2. The fraction of sp³-hybridized carbons (Fsp3) is 0.667. The van der Waals surface area contributed by atoms with Crippen molar-refractivity contribution < 1.29 is 38.1 Å². The van der Waals surface area contributed by atoms with E-state index in [-0.39, 0.29) is 25.2 Å². The highest BCUT2D eigenvalue weighted by Gasteiger charge is 2.34. The molecule has 0 saturated carbocycles. The van der Waals surface area contributed by atoms with Crippen LogP contribution < -0.4 is 10.6 Å². The molecule has 2 atom stereocenters. The summed E-state index contributed by atoms with van der Waals surface area (Å²) in [7, 11) is 0. The summed E-state index contributed by atoms with van der Waals surface area (Å²) in [6, 6.07) is 8.49. The van der Waals surface area contributed by atoms with Crippen LogP contribution in [0.4, 0.5) is 14.4 Å². The third kappa shape index (κ3) is 14.1. The maximum absolute atomic E-state index is 13.6. The van der Waals surface area contributed by atoms with Crippen LogP contribution >= 0.6 is 0 Å². The Kier molecular flexibility index (Phi) is 13.2. The first kappa shape index (κ1) is 33.7. The highest BCUT2D eigenvalue weighted by molar-refractivity contribution is 5.86. The third-order valence-corrected chi connectivity index (χ3v) is 6.11. The summed E-state index contributed by atoms with van der Waals surface area (Å²) in [4.78, 5) is 51.8. The normalized spacial score (nSPS) is 16.0. The Balaban J connectivity index is 1.86. The quantitative estimate of drug-likeness (QED) is 0.194. The molecular formula is C30H47N3O8. The lowest BCUT2D eigenvalue weighted by Crippen LogP contribution is -2.51. The summed E-state index contributed by atoms with van der Waals surface area (Å²) in [5, 5.41) is 5.46. The van der Waals surface area contributed by atoms with Crippen LogP contribution in [0.3, 0.4) is 0 Å². The average Bonchev–Trinajstić information content (AvgIpc) is 3.33. The van der Waals surface area contributed by atoms with Crippen LogP contribution in [0.2, 0.25) is 0 Å². The Morgan fingerprint density at radius 1 is 0.927 bits per heavy atom. The summed E-state index contributed by atoms with van der Waals surface area (Å²) in [5.74, 6) is -0.203. The van der Waals surface area contributed by atoms with E-state index in [9.17, 15) is 19.2 Å². The number of hydrogen-bond acceptors (Lipinski definition) is 8. The number of likely N-dealkylation sites (tertiary alicyclic amines) is 1. The molecule has 0 aliphatic carbocycles. The van der Waals surface area contributed by atoms with Gasteiger partial charge in [-0.05, 0) is 79.2 Å². The molecule has 230 valence electrons. The minimum atomic E-state index is -0.790. The number of carbonyl (C=O) groups excluding carboxylic acids is 4. The molecule has 1 aliphatic rings. The van der Waals surface area contributed by atoms with E-state index in [0.29, 0.717) is 38.8 Å². The van der Waals surface area contributed by atoms with Gasteiger partial charge in [0.1, 0.15) is 23.9 Å². The van der Waals surface area contributed by atoms with E-state index >= 15 is 0 Å². The van der Waals surface area contributed by atoms with Crippen LogP contribution in [0, 0.1) is 0 Å². The van der Waals surface area contributed by atoms with Crippen molar-refractivity contribution in [2.24, 2.45) is 0 Å². The van der Waals surface area contributed by atoms with Gasteiger partial charge in [0.15, 0.2) is 0 Å². The van der Waals surface area contributed by atoms with Gasteiger partial charge in [-0.1, -0.05) is 30.3 Å². The van der Waals surface area contributed by atoms with Gasteiger partial charge < -0.3 is 34.5 Å². The second-order valence-electron chi connectivity index (χ2n) is 12.1. The highest BCUT2D eigenvalue weighted by Crippen LogP contribution is 2.23. The largest absolute Gasteiger partial charge is 0.508 e. The van der Waals surface area contributed by atoms with Gasteiger partial charge in [0.25, 0.3) is 0 Å². The molecule has 1 heterocycles. The van der Waals surface area contributed by atoms with Gasteiger partial charge in [-0.3, -0.25) is 4.79 Å². The number of amides is 3. The third-order valence-electron chi connectivity index (χ3n) is 6.11. The number of rotatable bonds is 12. The second-order valence-corrected chi connectivity index (χ2v) is 12.1. The van der Waals surface area contributed by atoms with Crippen molar-refractivity contribution >= 4 is 24.2 Å². The molecule has 2 N–H and O–H groups in total. The fourth-order valence-corrected chi connectivity index (χ4v) is 4.33. The molecule has 11 nitrogen and oxygen atoms in total. The Hall–Kier alpha value is -3.50. The van der Waals surface area contributed by atoms with Crippen molar-refractivity contribution in [3.05, 3.63) is 35.9 Å². The first-order chi connectivity index (χ1) is 19.2. The zero-order valence-corrected chi connectivity index (χ0v) is 25.3. The van der Waals surface area contributed by atoms with Crippen molar-refractivity contribution in [1.29, 1.82) is 0 Å². The summed E-state index contributed by atoms with van der Waals surface area (Å²) >= 11 is 0. The molecule has 0 spiro atoms. The molecule has 1 aromatic carbocycles. The lowest BCUT2D eigenvalue weighted by molar-refractivity contribution is -0.134. The second kappa shape index (κ2) is 16.1. The van der Waals surface area contributed by atoms with Gasteiger partial charge in [0, 0.05) is 25.6 Å². The van der Waals surface area contributed by atoms with E-state index < -0.39 is 35.6 Å². The van der Waals surface area contributed by atoms with E-state index in [4.69, 9.17) is 18.9 Å². The Morgan fingerprint density at radius 3 is 2.27 bits per heavy atom. The minimum Gasteiger partial charge on any atom is -0.445 e. The lowest BCUT2D eigenvalue weighted by atomic mass is 10.1. The number of benzene rings is 1. The summed E-state index contributed by atoms with van der Waals surface area (Å²) < 4.78 is 21.0. The molecule has 0 aromatic heterocycles. The van der Waals surface area contributed by atoms with Gasteiger partial charge in [-0.25, -0.2) is 14.4 Å². The van der Waals surface area contributed by atoms with Gasteiger partial charge in [0.05, 0.1) is 6.61 Å². The number of nitrogens with one attached hydrogen (secondary N) is 2. The molecule has 11 heteroatoms. The minimum absolute atomic E-state index is 0.117. The average molecular weight is 578 g/mol. The SMILES string of the molecule is CC(C)(C)OC(=O)N[C@@H](CCCCNC(=O)OCc1ccccc1)C(=O)N1CCC[C@H]1CCOC(=O)OC(C)(C)C. The molecule has 1 saturated heterocycles. The molecule has 1 aliphatic heterocycles. The molecule has 41 heavy (non-hydrogen) atoms. The first-order valence-corrected chi connectivity index (χ1v) is 14.3. The highest BCUT2D eigenvalue weighted by atomic mass is 16.7. The lowest BCUT2D eigenvalue weighted by Gasteiger charge is -2.30. The number of unbranched alkanes of at least 4 members (excludes halogenated alkanes) is 1. The molecule has 2 rings (SSSR count). The smallest absolute Gasteiger partial charge is 0.445 e. The fourth-order valence-electron chi connectivity index (χ4n) is 4.33. The van der Waals surface area contributed by atoms with Crippen molar-refractivity contribution in [2.45, 2.75) is 110 Å². The van der Waals surface area contributed by atoms with Crippen molar-refractivity contribution in [1.82, 2.24) is 15.5 Å². The van der Waals surface area contributed by atoms with Gasteiger partial charge in [-0.2, -0.15) is 0 Å². The standard InChI is InChI=1S/C30H47N3O8/c1-29(2,3)40-27(36)32-24(16-10-11-18-31-26(35)39-21-22-13-8-7-9-14-22)25(34)33-19-12-15-23(33)17-20-38-28(37)41-30(4,5)6/h7-9,13-14,23-24H,10-12,15-21H2,1-6H3,(H,31,35)(H,32,36)/t23-,24-/m0/s1. The number of nitrogens with zero attached hydrogens (tertiary/aromatic N) is 1. The summed E-state index contributed by atoms with van der Waals surface area (Å²) in [6.45, 7) is 11.8. The van der Waals surface area contributed by atoms with Crippen LogP contribution in [0.1, 0.15) is 85.6 Å². The molecule has 1 fully saturated rings. The zero-order valence-electron chi connectivity index (χ0n) is 25.3. The monoisotopic (exact) mass is 577 g/mol. The van der Waals surface area contributed by atoms with Crippen molar-refractivity contribution in [3.8, 4) is 0 Å². The van der Waals surface area contributed by atoms with E-state index in [1.54, 1.807) is 46.4 Å². The van der Waals surface area contributed by atoms with Crippen LogP contribution in [0.5, 0.6) is 0 Å². The summed E-state index contributed by atoms with van der Waals surface area (Å²) in [5.41, 5.74) is -0.462. The van der Waals surface area contributed by atoms with E-state index in [2.05, 4.69) is 10.6 Å². The Morgan fingerprint density at radius 2 is 1.61 bits per heavy atom. The Labute approximate surface area is 243 Å². The maximum Gasteiger partial charge on any atom is 0.508 e. The molecule has 1 aromatic rings. The van der Waals surface area contributed by atoms with Crippen LogP contribution in [0.15, 0.2) is 30.3 Å². The van der Waals surface area contributed by atoms with Gasteiger partial charge >= 0.3 is 18.3 Å². The number of ether oxygens (including phenoxy) is 4. The predicted octanol–water partition coefficient (Wildman–Crippen LogP) is 5.31. The van der Waals surface area contributed by atoms with Crippen molar-refractivity contribution in [3.63, 3.8) is 0 Å². The number of carbonyl (C=O) groups is 4. The molecule has 0 bridgehead atoms. The van der Waals surface area contributed by atoms with E-state index in [1.165, 1.54) is 0 Å². The first-order valence-electron chi connectivity index (χ1n) is 14.3. The van der Waals surface area contributed by atoms with Gasteiger partial charge in [-0.15, -0.1) is 0 Å². The predicted molar refractivity (Wildman–Crippen MR) is 153 cm³/mol. The van der Waals surface area contributed by atoms with Crippen LogP contribution in [0.25, 0.3) is 0 Å². The summed E-state index contributed by atoms with van der Waals surface area (Å²) in [6.07, 6.45) is 1.68. The molecule has 0 radical (unpaired) electrons. The Bertz CT molecular complexity index is 988. The topological polar surface area (TPSA) is 132 Å². The van der Waals surface area contributed by atoms with Crippen molar-refractivity contribution in [2.75, 3.05) is 19.7 Å². The molecular weight excluding hydrogens is 530 g/mol. The van der Waals surface area contributed by atoms with E-state index in [0.717, 1.165) is 18.4 Å².